The lowest BCUT2D eigenvalue weighted by Gasteiger charge is -2.16. The summed E-state index contributed by atoms with van der Waals surface area (Å²) in [7, 11) is 0. The fourth-order valence-corrected chi connectivity index (χ4v) is 1.70. The van der Waals surface area contributed by atoms with Crippen LogP contribution < -0.4 is 15.4 Å². The first-order chi connectivity index (χ1) is 8.99. The summed E-state index contributed by atoms with van der Waals surface area (Å²) in [4.78, 5) is 22.0. The van der Waals surface area contributed by atoms with Gasteiger partial charge in [0.2, 0.25) is 11.8 Å². The highest BCUT2D eigenvalue weighted by Gasteiger charge is 2.08. The van der Waals surface area contributed by atoms with Crippen LogP contribution in [0.3, 0.4) is 0 Å². The van der Waals surface area contributed by atoms with E-state index < -0.39 is 0 Å². The monoisotopic (exact) mass is 328 g/mol. The van der Waals surface area contributed by atoms with Gasteiger partial charge in [0.15, 0.2) is 0 Å². The fraction of sp³-hybridized carbons (Fsp3) is 0.385. The molecule has 19 heavy (non-hydrogen) atoms. The number of rotatable bonds is 6. The minimum Gasteiger partial charge on any atom is -0.488 e. The van der Waals surface area contributed by atoms with Crippen molar-refractivity contribution < 1.29 is 14.3 Å². The molecule has 0 heterocycles. The fourth-order valence-electron chi connectivity index (χ4n) is 1.32. The van der Waals surface area contributed by atoms with Crippen LogP contribution in [-0.2, 0) is 9.59 Å². The molecule has 0 bridgehead atoms. The zero-order valence-electron chi connectivity index (χ0n) is 10.9. The first-order valence-electron chi connectivity index (χ1n) is 5.91. The molecule has 0 saturated carbocycles. The summed E-state index contributed by atoms with van der Waals surface area (Å²) in [5.74, 6) is 0.261. The van der Waals surface area contributed by atoms with Crippen LogP contribution in [0.15, 0.2) is 28.7 Å². The number of carbonyl (C=O) groups is 2. The number of para-hydroxylation sites is 1. The Morgan fingerprint density at radius 2 is 2.00 bits per heavy atom. The minimum atomic E-state index is -0.238. The van der Waals surface area contributed by atoms with Crippen molar-refractivity contribution in [2.75, 3.05) is 13.1 Å². The van der Waals surface area contributed by atoms with Gasteiger partial charge < -0.3 is 15.4 Å². The van der Waals surface area contributed by atoms with Gasteiger partial charge in [-0.3, -0.25) is 9.59 Å². The maximum absolute atomic E-state index is 11.4. The molecule has 0 aliphatic rings. The van der Waals surface area contributed by atoms with Gasteiger partial charge in [0, 0.05) is 6.92 Å². The van der Waals surface area contributed by atoms with E-state index in [1.165, 1.54) is 6.92 Å². The van der Waals surface area contributed by atoms with E-state index in [4.69, 9.17) is 4.74 Å². The highest BCUT2D eigenvalue weighted by molar-refractivity contribution is 9.10. The lowest BCUT2D eigenvalue weighted by molar-refractivity contribution is -0.125. The van der Waals surface area contributed by atoms with Gasteiger partial charge in [0.05, 0.1) is 17.6 Å². The third-order valence-corrected chi connectivity index (χ3v) is 2.90. The number of nitrogens with one attached hydrogen (secondary N) is 2. The van der Waals surface area contributed by atoms with Gasteiger partial charge in [-0.25, -0.2) is 0 Å². The molecule has 0 spiro atoms. The van der Waals surface area contributed by atoms with Crippen molar-refractivity contribution in [1.82, 2.24) is 10.6 Å². The summed E-state index contributed by atoms with van der Waals surface area (Å²) >= 11 is 3.39. The number of amides is 2. The molecule has 0 aliphatic heterocycles. The first kappa shape index (κ1) is 15.5. The minimum absolute atomic E-state index is 0.0168. The summed E-state index contributed by atoms with van der Waals surface area (Å²) in [6.45, 7) is 3.58. The lowest BCUT2D eigenvalue weighted by atomic mass is 10.3. The maximum atomic E-state index is 11.4. The van der Waals surface area contributed by atoms with Gasteiger partial charge in [0.25, 0.3) is 0 Å². The van der Waals surface area contributed by atoms with Gasteiger partial charge in [-0.2, -0.15) is 0 Å². The van der Waals surface area contributed by atoms with Crippen molar-refractivity contribution in [1.29, 1.82) is 0 Å². The SMILES string of the molecule is CC(=O)NCC(=O)NC[C@H](C)Oc1ccccc1Br. The molecule has 1 atom stereocenters. The molecule has 0 fully saturated rings. The number of hydrogen-bond donors (Lipinski definition) is 2. The van der Waals surface area contributed by atoms with Crippen molar-refractivity contribution in [3.05, 3.63) is 28.7 Å². The largest absolute Gasteiger partial charge is 0.488 e. The molecule has 0 saturated heterocycles. The molecule has 1 aromatic carbocycles. The van der Waals surface area contributed by atoms with E-state index in [0.717, 1.165) is 10.2 Å². The number of hydrogen-bond acceptors (Lipinski definition) is 3. The van der Waals surface area contributed by atoms with E-state index in [2.05, 4.69) is 26.6 Å². The van der Waals surface area contributed by atoms with Crippen LogP contribution in [0.25, 0.3) is 0 Å². The Morgan fingerprint density at radius 1 is 1.32 bits per heavy atom. The van der Waals surface area contributed by atoms with Crippen LogP contribution in [-0.4, -0.2) is 31.0 Å². The van der Waals surface area contributed by atoms with E-state index in [9.17, 15) is 9.59 Å². The Labute approximate surface area is 120 Å². The van der Waals surface area contributed by atoms with E-state index in [0.29, 0.717) is 6.54 Å². The van der Waals surface area contributed by atoms with Crippen LogP contribution in [0.1, 0.15) is 13.8 Å². The average molecular weight is 329 g/mol. The predicted molar refractivity (Wildman–Crippen MR) is 75.9 cm³/mol. The van der Waals surface area contributed by atoms with Crippen molar-refractivity contribution in [2.45, 2.75) is 20.0 Å². The normalized spacial score (nSPS) is 11.5. The van der Waals surface area contributed by atoms with Crippen molar-refractivity contribution in [3.63, 3.8) is 0 Å². The molecule has 104 valence electrons. The van der Waals surface area contributed by atoms with Crippen LogP contribution in [0.2, 0.25) is 0 Å². The molecule has 1 aromatic rings. The molecule has 2 amide bonds. The second-order valence-electron chi connectivity index (χ2n) is 4.07. The zero-order valence-corrected chi connectivity index (χ0v) is 12.5. The van der Waals surface area contributed by atoms with Gasteiger partial charge in [0.1, 0.15) is 11.9 Å². The smallest absolute Gasteiger partial charge is 0.239 e. The molecule has 0 aliphatic carbocycles. The third kappa shape index (κ3) is 6.24. The molecule has 0 unspecified atom stereocenters. The van der Waals surface area contributed by atoms with E-state index in [1.54, 1.807) is 0 Å². The van der Waals surface area contributed by atoms with Crippen LogP contribution >= 0.6 is 15.9 Å². The summed E-state index contributed by atoms with van der Waals surface area (Å²) < 4.78 is 6.54. The molecular formula is C13H17BrN2O3. The van der Waals surface area contributed by atoms with Crippen molar-refractivity contribution in [3.8, 4) is 5.75 Å². The van der Waals surface area contributed by atoms with E-state index in [-0.39, 0.29) is 24.5 Å². The topological polar surface area (TPSA) is 67.4 Å². The van der Waals surface area contributed by atoms with E-state index >= 15 is 0 Å². The summed E-state index contributed by atoms with van der Waals surface area (Å²) in [6, 6.07) is 7.51. The zero-order chi connectivity index (χ0) is 14.3. The Morgan fingerprint density at radius 3 is 2.63 bits per heavy atom. The number of carbonyl (C=O) groups excluding carboxylic acids is 2. The van der Waals surface area contributed by atoms with Crippen LogP contribution in [0, 0.1) is 0 Å². The molecule has 2 N–H and O–H groups in total. The molecular weight excluding hydrogens is 312 g/mol. The lowest BCUT2D eigenvalue weighted by Crippen LogP contribution is -2.40. The maximum Gasteiger partial charge on any atom is 0.239 e. The van der Waals surface area contributed by atoms with Gasteiger partial charge >= 0.3 is 0 Å². The molecule has 0 aromatic heterocycles. The Kier molecular flexibility index (Phi) is 6.35. The number of halogens is 1. The van der Waals surface area contributed by atoms with Crippen LogP contribution in [0.4, 0.5) is 0 Å². The van der Waals surface area contributed by atoms with Crippen molar-refractivity contribution >= 4 is 27.7 Å². The second-order valence-corrected chi connectivity index (χ2v) is 4.93. The highest BCUT2D eigenvalue weighted by atomic mass is 79.9. The number of ether oxygens (including phenoxy) is 1. The Hall–Kier alpha value is -1.56. The van der Waals surface area contributed by atoms with Gasteiger partial charge in [-0.1, -0.05) is 12.1 Å². The highest BCUT2D eigenvalue weighted by Crippen LogP contribution is 2.24. The summed E-state index contributed by atoms with van der Waals surface area (Å²) in [5, 5.41) is 5.11. The predicted octanol–water partition coefficient (Wildman–Crippen LogP) is 1.47. The quantitative estimate of drug-likeness (QED) is 0.831. The van der Waals surface area contributed by atoms with Crippen molar-refractivity contribution in [2.24, 2.45) is 0 Å². The number of benzene rings is 1. The molecule has 6 heteroatoms. The summed E-state index contributed by atoms with van der Waals surface area (Å²) in [5.41, 5.74) is 0. The summed E-state index contributed by atoms with van der Waals surface area (Å²) in [6.07, 6.45) is -0.167. The van der Waals surface area contributed by atoms with Gasteiger partial charge in [-0.15, -0.1) is 0 Å². The Balaban J connectivity index is 2.32. The standard InChI is InChI=1S/C13H17BrN2O3/c1-9(7-16-13(18)8-15-10(2)17)19-12-6-4-3-5-11(12)14/h3-6,9H,7-8H2,1-2H3,(H,15,17)(H,16,18)/t9-/m0/s1. The molecule has 0 radical (unpaired) electrons. The van der Waals surface area contributed by atoms with Crippen LogP contribution in [0.5, 0.6) is 5.75 Å². The molecule has 1 rings (SSSR count). The molecule has 5 nitrogen and oxygen atoms in total. The van der Waals surface area contributed by atoms with E-state index in [1.807, 2.05) is 31.2 Å². The average Bonchev–Trinajstić information content (AvgIpc) is 2.36. The first-order valence-corrected chi connectivity index (χ1v) is 6.70. The third-order valence-electron chi connectivity index (χ3n) is 2.25. The second kappa shape index (κ2) is 7.78. The Bertz CT molecular complexity index is 451. The van der Waals surface area contributed by atoms with Gasteiger partial charge in [-0.05, 0) is 35.0 Å².